The molecule has 0 radical (unpaired) electrons. The van der Waals surface area contributed by atoms with Crippen molar-refractivity contribution < 1.29 is 13.9 Å². The number of ether oxygens (including phenoxy) is 1. The van der Waals surface area contributed by atoms with Crippen molar-refractivity contribution in [2.24, 2.45) is 0 Å². The smallest absolute Gasteiger partial charge is 0.274 e. The average molecular weight is 454 g/mol. The lowest BCUT2D eigenvalue weighted by atomic mass is 10.1. The van der Waals surface area contributed by atoms with E-state index < -0.39 is 23.7 Å². The number of anilines is 1. The van der Waals surface area contributed by atoms with E-state index in [0.717, 1.165) is 36.8 Å². The van der Waals surface area contributed by atoms with Crippen LogP contribution in [0.15, 0.2) is 41.5 Å². The molecule has 3 aromatic rings. The summed E-state index contributed by atoms with van der Waals surface area (Å²) in [6.45, 7) is 5.68. The van der Waals surface area contributed by atoms with E-state index in [2.05, 4.69) is 10.6 Å². The average Bonchev–Trinajstić information content (AvgIpc) is 3.36. The van der Waals surface area contributed by atoms with Gasteiger partial charge in [0.2, 0.25) is 0 Å². The highest BCUT2D eigenvalue weighted by atomic mass is 19.1. The zero-order valence-electron chi connectivity index (χ0n) is 18.8. The maximum atomic E-state index is 13.5. The Hall–Kier alpha value is -3.20. The molecule has 2 unspecified atom stereocenters. The van der Waals surface area contributed by atoms with Crippen molar-refractivity contribution in [3.63, 3.8) is 0 Å². The van der Waals surface area contributed by atoms with Crippen LogP contribution in [0.1, 0.15) is 55.6 Å². The highest BCUT2D eigenvalue weighted by molar-refractivity contribution is 6.08. The molecule has 8 nitrogen and oxygen atoms in total. The largest absolute Gasteiger partial charge is 0.490 e. The third-order valence-electron chi connectivity index (χ3n) is 6.17. The number of aromatic nitrogens is 3. The van der Waals surface area contributed by atoms with E-state index in [1.165, 1.54) is 10.6 Å². The SMILES string of the molecule is CC(C)Oc1cc2nn(C3CCNCC3)cc2cc1C(=O)Nc1cccn(C2CC2F)c1=O. The second-order valence-corrected chi connectivity index (χ2v) is 9.07. The van der Waals surface area contributed by atoms with Crippen molar-refractivity contribution in [1.29, 1.82) is 0 Å². The molecule has 5 rings (SSSR count). The molecule has 0 bridgehead atoms. The summed E-state index contributed by atoms with van der Waals surface area (Å²) in [5.41, 5.74) is 0.779. The zero-order valence-corrected chi connectivity index (χ0v) is 18.8. The third kappa shape index (κ3) is 4.37. The van der Waals surface area contributed by atoms with Crippen LogP contribution in [0, 0.1) is 0 Å². The number of carbonyl (C=O) groups excluding carboxylic acids is 1. The Morgan fingerprint density at radius 1 is 1.30 bits per heavy atom. The number of piperidine rings is 1. The van der Waals surface area contributed by atoms with Gasteiger partial charge >= 0.3 is 0 Å². The monoisotopic (exact) mass is 453 g/mol. The van der Waals surface area contributed by atoms with Crippen LogP contribution in [-0.2, 0) is 0 Å². The molecule has 9 heteroatoms. The first-order valence-electron chi connectivity index (χ1n) is 11.5. The van der Waals surface area contributed by atoms with Crippen molar-refractivity contribution in [3.05, 3.63) is 52.6 Å². The number of fused-ring (bicyclic) bond motifs is 1. The molecule has 1 aliphatic carbocycles. The first kappa shape index (κ1) is 21.6. The number of benzene rings is 1. The second-order valence-electron chi connectivity index (χ2n) is 9.07. The van der Waals surface area contributed by atoms with Crippen molar-refractivity contribution in [1.82, 2.24) is 19.7 Å². The first-order valence-corrected chi connectivity index (χ1v) is 11.5. The number of alkyl halides is 1. The van der Waals surface area contributed by atoms with Crippen LogP contribution in [0.25, 0.3) is 10.9 Å². The summed E-state index contributed by atoms with van der Waals surface area (Å²) in [5.74, 6) is -0.0440. The summed E-state index contributed by atoms with van der Waals surface area (Å²) in [5, 5.41) is 11.6. The molecule has 1 aliphatic heterocycles. The van der Waals surface area contributed by atoms with Crippen LogP contribution in [0.3, 0.4) is 0 Å². The number of hydrogen-bond donors (Lipinski definition) is 2. The highest BCUT2D eigenvalue weighted by Gasteiger charge is 2.40. The predicted octanol–water partition coefficient (Wildman–Crippen LogP) is 3.44. The topological polar surface area (TPSA) is 90.2 Å². The highest BCUT2D eigenvalue weighted by Crippen LogP contribution is 2.37. The Morgan fingerprint density at radius 2 is 2.06 bits per heavy atom. The molecule has 2 aliphatic rings. The summed E-state index contributed by atoms with van der Waals surface area (Å²) >= 11 is 0. The fraction of sp³-hybridized carbons (Fsp3) is 0.458. The second kappa shape index (κ2) is 8.62. The Kier molecular flexibility index (Phi) is 5.65. The third-order valence-corrected chi connectivity index (χ3v) is 6.17. The van der Waals surface area contributed by atoms with Gasteiger partial charge in [0, 0.05) is 30.3 Å². The molecule has 2 atom stereocenters. The minimum absolute atomic E-state index is 0.114. The van der Waals surface area contributed by atoms with Crippen LogP contribution in [0.5, 0.6) is 5.75 Å². The lowest BCUT2D eigenvalue weighted by Crippen LogP contribution is -2.29. The quantitative estimate of drug-likeness (QED) is 0.597. The minimum atomic E-state index is -1.02. The molecule has 174 valence electrons. The lowest BCUT2D eigenvalue weighted by Gasteiger charge is -2.22. The number of hydrogen-bond acceptors (Lipinski definition) is 5. The Morgan fingerprint density at radius 3 is 2.76 bits per heavy atom. The summed E-state index contributed by atoms with van der Waals surface area (Å²) in [7, 11) is 0. The van der Waals surface area contributed by atoms with Gasteiger partial charge < -0.3 is 19.9 Å². The van der Waals surface area contributed by atoms with Crippen LogP contribution in [0.2, 0.25) is 0 Å². The Balaban J connectivity index is 1.48. The molecule has 1 amide bonds. The molecular weight excluding hydrogens is 425 g/mol. The van der Waals surface area contributed by atoms with E-state index in [1.807, 2.05) is 24.7 Å². The zero-order chi connectivity index (χ0) is 23.1. The Labute approximate surface area is 190 Å². The van der Waals surface area contributed by atoms with E-state index in [4.69, 9.17) is 9.84 Å². The van der Waals surface area contributed by atoms with Crippen molar-refractivity contribution in [3.8, 4) is 5.75 Å². The number of rotatable bonds is 6. The van der Waals surface area contributed by atoms with Crippen molar-refractivity contribution >= 4 is 22.5 Å². The molecule has 1 saturated heterocycles. The fourth-order valence-electron chi connectivity index (χ4n) is 4.35. The minimum Gasteiger partial charge on any atom is -0.490 e. The van der Waals surface area contributed by atoms with E-state index in [0.29, 0.717) is 23.8 Å². The van der Waals surface area contributed by atoms with E-state index >= 15 is 0 Å². The van der Waals surface area contributed by atoms with Gasteiger partial charge in [-0.1, -0.05) is 0 Å². The van der Waals surface area contributed by atoms with Crippen LogP contribution in [0.4, 0.5) is 10.1 Å². The molecule has 2 fully saturated rings. The van der Waals surface area contributed by atoms with Gasteiger partial charge in [0.25, 0.3) is 11.5 Å². The Bertz CT molecular complexity index is 1240. The van der Waals surface area contributed by atoms with Crippen molar-refractivity contribution in [2.75, 3.05) is 18.4 Å². The van der Waals surface area contributed by atoms with Gasteiger partial charge in [-0.2, -0.15) is 5.10 Å². The number of nitrogens with one attached hydrogen (secondary N) is 2. The lowest BCUT2D eigenvalue weighted by molar-refractivity contribution is 0.102. The molecule has 2 aromatic heterocycles. The first-order chi connectivity index (χ1) is 15.9. The fourth-order valence-corrected chi connectivity index (χ4v) is 4.35. The molecule has 33 heavy (non-hydrogen) atoms. The molecule has 3 heterocycles. The van der Waals surface area contributed by atoms with Gasteiger partial charge in [0.1, 0.15) is 17.6 Å². The molecule has 1 saturated carbocycles. The number of halogens is 1. The number of carbonyl (C=O) groups is 1. The maximum Gasteiger partial charge on any atom is 0.274 e. The van der Waals surface area contributed by atoms with Gasteiger partial charge in [-0.15, -0.1) is 0 Å². The van der Waals surface area contributed by atoms with Crippen molar-refractivity contribution in [2.45, 2.75) is 57.5 Å². The number of nitrogens with zero attached hydrogens (tertiary/aromatic N) is 3. The van der Waals surface area contributed by atoms with Gasteiger partial charge in [-0.05, 0) is 58.0 Å². The standard InChI is InChI=1S/C24H28FN5O3/c1-14(2)33-22-12-20-15(13-30(28-20)16-5-7-26-8-6-16)10-17(22)23(31)27-19-4-3-9-29(24(19)32)21-11-18(21)25/h3-4,9-10,12-14,16,18,21,26H,5-8,11H2,1-2H3,(H,27,31). The van der Waals surface area contributed by atoms with Gasteiger partial charge in [-0.25, -0.2) is 4.39 Å². The van der Waals surface area contributed by atoms with Gasteiger partial charge in [-0.3, -0.25) is 14.3 Å². The summed E-state index contributed by atoms with van der Waals surface area (Å²) < 4.78 is 22.7. The van der Waals surface area contributed by atoms with Crippen LogP contribution in [-0.4, -0.2) is 45.6 Å². The van der Waals surface area contributed by atoms with E-state index in [-0.39, 0.29) is 11.8 Å². The maximum absolute atomic E-state index is 13.5. The molecular formula is C24H28FN5O3. The molecule has 2 N–H and O–H groups in total. The van der Waals surface area contributed by atoms with Crippen LogP contribution < -0.4 is 20.9 Å². The van der Waals surface area contributed by atoms with Crippen LogP contribution >= 0.6 is 0 Å². The predicted molar refractivity (Wildman–Crippen MR) is 124 cm³/mol. The normalized spacial score (nSPS) is 20.8. The van der Waals surface area contributed by atoms with Gasteiger partial charge in [0.05, 0.1) is 29.3 Å². The molecule has 0 spiro atoms. The molecule has 1 aromatic carbocycles. The number of amides is 1. The summed E-state index contributed by atoms with van der Waals surface area (Å²) in [6.07, 6.45) is 4.67. The van der Waals surface area contributed by atoms with Gasteiger partial charge in [0.15, 0.2) is 0 Å². The van der Waals surface area contributed by atoms with E-state index in [9.17, 15) is 14.0 Å². The van der Waals surface area contributed by atoms with E-state index in [1.54, 1.807) is 24.4 Å². The summed E-state index contributed by atoms with van der Waals surface area (Å²) in [6, 6.07) is 6.57. The number of pyridine rings is 1. The summed E-state index contributed by atoms with van der Waals surface area (Å²) in [4.78, 5) is 26.0.